The van der Waals surface area contributed by atoms with Crippen LogP contribution in [-0.2, 0) is 11.2 Å². The molecule has 0 radical (unpaired) electrons. The highest BCUT2D eigenvalue weighted by molar-refractivity contribution is 7.10. The topological polar surface area (TPSA) is 77.2 Å². The number of piperazine rings is 1. The largest absolute Gasteiger partial charge is 0.495 e. The third-order valence-corrected chi connectivity index (χ3v) is 7.97. The van der Waals surface area contributed by atoms with E-state index in [9.17, 15) is 9.59 Å². The summed E-state index contributed by atoms with van der Waals surface area (Å²) in [5.41, 5.74) is 3.17. The van der Waals surface area contributed by atoms with E-state index in [1.807, 2.05) is 47.8 Å². The van der Waals surface area contributed by atoms with Crippen LogP contribution in [0.5, 0.6) is 5.75 Å². The Hall–Kier alpha value is -3.56. The Morgan fingerprint density at radius 1 is 0.949 bits per heavy atom. The first kappa shape index (κ1) is 28.4. The number of ether oxygens (including phenoxy) is 1. The van der Waals surface area contributed by atoms with E-state index in [0.717, 1.165) is 67.8 Å². The molecule has 1 saturated heterocycles. The highest BCUT2D eigenvalue weighted by Gasteiger charge is 2.24. The van der Waals surface area contributed by atoms with Crippen molar-refractivity contribution in [1.82, 2.24) is 10.2 Å². The lowest BCUT2D eigenvalue weighted by Crippen LogP contribution is -2.47. The van der Waals surface area contributed by atoms with Gasteiger partial charge >= 0.3 is 0 Å². The highest BCUT2D eigenvalue weighted by Crippen LogP contribution is 2.31. The highest BCUT2D eigenvalue weighted by atomic mass is 32.1. The molecule has 0 saturated carbocycles. The molecule has 0 bridgehead atoms. The van der Waals surface area contributed by atoms with Gasteiger partial charge in [-0.2, -0.15) is 0 Å². The van der Waals surface area contributed by atoms with Gasteiger partial charge in [0.25, 0.3) is 5.91 Å². The number of anilines is 3. The number of methoxy groups -OCH3 is 1. The zero-order valence-corrected chi connectivity index (χ0v) is 23.9. The zero-order chi connectivity index (χ0) is 27.6. The molecule has 1 aromatic heterocycles. The second-order valence-corrected chi connectivity index (χ2v) is 10.5. The van der Waals surface area contributed by atoms with Crippen LogP contribution in [0.4, 0.5) is 17.1 Å². The molecule has 0 spiro atoms. The number of rotatable bonds is 12. The van der Waals surface area contributed by atoms with Crippen molar-refractivity contribution < 1.29 is 14.3 Å². The van der Waals surface area contributed by atoms with Gasteiger partial charge in [0.2, 0.25) is 5.91 Å². The standard InChI is InChI=1S/C30H39N5O3S/c1-4-33(5-2)15-14-31-30(37)25-21-23(32-29(36)22-24-9-8-20-39-24)12-13-26(25)34-16-18-35(19-17-34)27-10-6-7-11-28(27)38-3/h6-13,20-21H,4-5,14-19,22H2,1-3H3,(H,31,37)(H,32,36). The number of nitrogens with zero attached hydrogens (tertiary/aromatic N) is 3. The molecule has 2 heterocycles. The molecule has 0 aliphatic carbocycles. The Labute approximate surface area is 235 Å². The number of hydrogen-bond acceptors (Lipinski definition) is 7. The van der Waals surface area contributed by atoms with Crippen molar-refractivity contribution in [3.05, 3.63) is 70.4 Å². The van der Waals surface area contributed by atoms with E-state index < -0.39 is 0 Å². The van der Waals surface area contributed by atoms with E-state index >= 15 is 0 Å². The average Bonchev–Trinajstić information content (AvgIpc) is 3.48. The molecule has 1 aliphatic heterocycles. The fraction of sp³-hybridized carbons (Fsp3) is 0.400. The van der Waals surface area contributed by atoms with E-state index in [1.54, 1.807) is 24.5 Å². The van der Waals surface area contributed by atoms with Crippen LogP contribution in [0, 0.1) is 0 Å². The number of amides is 2. The molecular formula is C30H39N5O3S. The number of likely N-dealkylation sites (N-methyl/N-ethyl adjacent to an activating group) is 1. The lowest BCUT2D eigenvalue weighted by atomic mass is 10.1. The normalized spacial score (nSPS) is 13.4. The second kappa shape index (κ2) is 14.0. The van der Waals surface area contributed by atoms with Gasteiger partial charge in [-0.05, 0) is 54.9 Å². The molecule has 208 valence electrons. The minimum Gasteiger partial charge on any atom is -0.495 e. The van der Waals surface area contributed by atoms with Gasteiger partial charge in [-0.1, -0.05) is 32.0 Å². The van der Waals surface area contributed by atoms with Gasteiger partial charge in [0.15, 0.2) is 0 Å². The average molecular weight is 550 g/mol. The predicted octanol–water partition coefficient (Wildman–Crippen LogP) is 4.34. The number of thiophene rings is 1. The van der Waals surface area contributed by atoms with E-state index in [4.69, 9.17) is 4.74 Å². The minimum atomic E-state index is -0.126. The monoisotopic (exact) mass is 549 g/mol. The quantitative estimate of drug-likeness (QED) is 0.350. The maximum Gasteiger partial charge on any atom is 0.253 e. The summed E-state index contributed by atoms with van der Waals surface area (Å²) in [5, 5.41) is 8.04. The number of carbonyl (C=O) groups is 2. The van der Waals surface area contributed by atoms with Crippen molar-refractivity contribution in [3.8, 4) is 5.75 Å². The molecule has 2 aromatic carbocycles. The van der Waals surface area contributed by atoms with Crippen LogP contribution < -0.4 is 25.2 Å². The van der Waals surface area contributed by atoms with Crippen molar-refractivity contribution in [2.45, 2.75) is 20.3 Å². The SMILES string of the molecule is CCN(CC)CCNC(=O)c1cc(NC(=O)Cc2cccs2)ccc1N1CCN(c2ccccc2OC)CC1. The number of nitrogens with one attached hydrogen (secondary N) is 2. The van der Waals surface area contributed by atoms with Crippen LogP contribution in [0.25, 0.3) is 0 Å². The Bertz CT molecular complexity index is 1220. The molecule has 1 fully saturated rings. The van der Waals surface area contributed by atoms with Crippen LogP contribution in [0.2, 0.25) is 0 Å². The molecule has 39 heavy (non-hydrogen) atoms. The Balaban J connectivity index is 1.49. The molecule has 1 aliphatic rings. The van der Waals surface area contributed by atoms with E-state index in [2.05, 4.69) is 45.2 Å². The Morgan fingerprint density at radius 3 is 2.33 bits per heavy atom. The molecule has 4 rings (SSSR count). The molecule has 2 amide bonds. The third kappa shape index (κ3) is 7.52. The summed E-state index contributed by atoms with van der Waals surface area (Å²) in [5.74, 6) is 0.643. The molecule has 8 nitrogen and oxygen atoms in total. The minimum absolute atomic E-state index is 0.0940. The summed E-state index contributed by atoms with van der Waals surface area (Å²) in [4.78, 5) is 33.9. The number of hydrogen-bond donors (Lipinski definition) is 2. The van der Waals surface area contributed by atoms with Gasteiger partial charge in [0.1, 0.15) is 5.75 Å². The van der Waals surface area contributed by atoms with E-state index in [1.165, 1.54) is 0 Å². The first-order valence-electron chi connectivity index (χ1n) is 13.6. The second-order valence-electron chi connectivity index (χ2n) is 9.46. The predicted molar refractivity (Wildman–Crippen MR) is 161 cm³/mol. The lowest BCUT2D eigenvalue weighted by Gasteiger charge is -2.38. The van der Waals surface area contributed by atoms with Crippen LogP contribution in [0.1, 0.15) is 29.1 Å². The first-order chi connectivity index (χ1) is 19.0. The third-order valence-electron chi connectivity index (χ3n) is 7.09. The van der Waals surface area contributed by atoms with Crippen molar-refractivity contribution in [1.29, 1.82) is 0 Å². The summed E-state index contributed by atoms with van der Waals surface area (Å²) in [7, 11) is 1.70. The number of para-hydroxylation sites is 2. The fourth-order valence-electron chi connectivity index (χ4n) is 4.89. The van der Waals surface area contributed by atoms with Crippen LogP contribution >= 0.6 is 11.3 Å². The van der Waals surface area contributed by atoms with Gasteiger partial charge in [0.05, 0.1) is 24.8 Å². The Kier molecular flexibility index (Phi) is 10.2. The smallest absolute Gasteiger partial charge is 0.253 e. The van der Waals surface area contributed by atoms with Gasteiger partial charge in [-0.3, -0.25) is 9.59 Å². The first-order valence-corrected chi connectivity index (χ1v) is 14.5. The number of benzene rings is 2. The van der Waals surface area contributed by atoms with Crippen molar-refractivity contribution >= 4 is 40.2 Å². The van der Waals surface area contributed by atoms with Crippen molar-refractivity contribution in [2.24, 2.45) is 0 Å². The molecule has 3 aromatic rings. The molecule has 2 N–H and O–H groups in total. The van der Waals surface area contributed by atoms with Crippen LogP contribution in [0.3, 0.4) is 0 Å². The maximum absolute atomic E-state index is 13.4. The van der Waals surface area contributed by atoms with E-state index in [0.29, 0.717) is 24.2 Å². The Morgan fingerprint density at radius 2 is 1.67 bits per heavy atom. The van der Waals surface area contributed by atoms with Gasteiger partial charge in [-0.25, -0.2) is 0 Å². The molecule has 0 atom stereocenters. The van der Waals surface area contributed by atoms with Crippen molar-refractivity contribution in [2.75, 3.05) is 74.6 Å². The lowest BCUT2D eigenvalue weighted by molar-refractivity contribution is -0.115. The summed E-state index contributed by atoms with van der Waals surface area (Å²) < 4.78 is 5.56. The summed E-state index contributed by atoms with van der Waals surface area (Å²) in [6.07, 6.45) is 0.315. The molecule has 0 unspecified atom stereocenters. The maximum atomic E-state index is 13.4. The summed E-state index contributed by atoms with van der Waals surface area (Å²) >= 11 is 1.56. The van der Waals surface area contributed by atoms with Crippen LogP contribution in [0.15, 0.2) is 60.0 Å². The fourth-order valence-corrected chi connectivity index (χ4v) is 5.59. The van der Waals surface area contributed by atoms with E-state index in [-0.39, 0.29) is 11.8 Å². The number of carbonyl (C=O) groups excluding carboxylic acids is 2. The summed E-state index contributed by atoms with van der Waals surface area (Å²) in [6, 6.07) is 17.6. The van der Waals surface area contributed by atoms with Gasteiger partial charge in [0, 0.05) is 55.5 Å². The van der Waals surface area contributed by atoms with Gasteiger partial charge in [-0.15, -0.1) is 11.3 Å². The summed E-state index contributed by atoms with van der Waals surface area (Å²) in [6.45, 7) is 10.6. The van der Waals surface area contributed by atoms with Gasteiger partial charge < -0.3 is 30.1 Å². The molecule has 9 heteroatoms. The molecular weight excluding hydrogens is 510 g/mol. The van der Waals surface area contributed by atoms with Crippen LogP contribution in [-0.4, -0.2) is 76.2 Å². The van der Waals surface area contributed by atoms with Crippen molar-refractivity contribution in [3.63, 3.8) is 0 Å². The zero-order valence-electron chi connectivity index (χ0n) is 23.1.